The van der Waals surface area contributed by atoms with Crippen molar-refractivity contribution in [2.75, 3.05) is 5.32 Å². The number of hydrogen-bond donors (Lipinski definition) is 2. The number of hydrogen-bond acceptors (Lipinski definition) is 4. The van der Waals surface area contributed by atoms with E-state index < -0.39 is 0 Å². The normalized spacial score (nSPS) is 12.0. The lowest BCUT2D eigenvalue weighted by molar-refractivity contribution is -0.116. The highest BCUT2D eigenvalue weighted by molar-refractivity contribution is 5.90. The fraction of sp³-hybridized carbons (Fsp3) is 0.233. The smallest absolute Gasteiger partial charge is 0.225 e. The topological polar surface area (TPSA) is 75.1 Å². The Kier molecular flexibility index (Phi) is 6.96. The highest BCUT2D eigenvalue weighted by Gasteiger charge is 2.23. The Morgan fingerprint density at radius 2 is 1.60 bits per heavy atom. The number of carbonyl (C=O) groups excluding carboxylic acids is 1. The number of amides is 1. The lowest BCUT2D eigenvalue weighted by atomic mass is 9.90. The predicted molar refractivity (Wildman–Crippen MR) is 138 cm³/mol. The third kappa shape index (κ3) is 5.47. The van der Waals surface area contributed by atoms with Crippen LogP contribution in [0.2, 0.25) is 0 Å². The van der Waals surface area contributed by atoms with Gasteiger partial charge >= 0.3 is 0 Å². The van der Waals surface area contributed by atoms with E-state index in [2.05, 4.69) is 35.6 Å². The van der Waals surface area contributed by atoms with Gasteiger partial charge in [0.1, 0.15) is 0 Å². The van der Waals surface area contributed by atoms with E-state index in [4.69, 9.17) is 9.97 Å². The number of aromatic nitrogens is 2. The molecule has 0 unspecified atom stereocenters. The van der Waals surface area contributed by atoms with Crippen molar-refractivity contribution in [2.45, 2.75) is 45.1 Å². The quantitative estimate of drug-likeness (QED) is 0.372. The summed E-state index contributed by atoms with van der Waals surface area (Å²) < 4.78 is 0. The van der Waals surface area contributed by atoms with Gasteiger partial charge in [0.2, 0.25) is 5.91 Å². The highest BCUT2D eigenvalue weighted by atomic mass is 16.3. The fourth-order valence-electron chi connectivity index (χ4n) is 4.64. The number of benzene rings is 3. The molecule has 0 saturated carbocycles. The summed E-state index contributed by atoms with van der Waals surface area (Å²) in [6.45, 7) is 0.0281. The van der Waals surface area contributed by atoms with E-state index in [1.54, 1.807) is 0 Å². The average molecular weight is 464 g/mol. The highest BCUT2D eigenvalue weighted by Crippen LogP contribution is 2.34. The maximum Gasteiger partial charge on any atom is 0.225 e. The van der Waals surface area contributed by atoms with Crippen LogP contribution in [-0.4, -0.2) is 21.0 Å². The van der Waals surface area contributed by atoms with Gasteiger partial charge in [-0.05, 0) is 47.9 Å². The third-order valence-electron chi connectivity index (χ3n) is 6.46. The number of anilines is 1. The van der Waals surface area contributed by atoms with Crippen molar-refractivity contribution in [3.8, 4) is 11.3 Å². The molecule has 5 nitrogen and oxygen atoms in total. The molecule has 4 aromatic rings. The zero-order valence-electron chi connectivity index (χ0n) is 19.7. The first-order chi connectivity index (χ1) is 17.2. The van der Waals surface area contributed by atoms with Crippen LogP contribution in [0.4, 0.5) is 5.82 Å². The van der Waals surface area contributed by atoms with Crippen LogP contribution in [-0.2, 0) is 37.1 Å². The lowest BCUT2D eigenvalue weighted by Gasteiger charge is -2.21. The molecule has 0 fully saturated rings. The van der Waals surface area contributed by atoms with Gasteiger partial charge in [0.25, 0.3) is 0 Å². The van der Waals surface area contributed by atoms with Gasteiger partial charge in [-0.1, -0.05) is 78.9 Å². The Labute approximate surface area is 205 Å². The first-order valence-corrected chi connectivity index (χ1v) is 12.2. The van der Waals surface area contributed by atoms with Crippen LogP contribution in [0, 0.1) is 0 Å². The van der Waals surface area contributed by atoms with Crippen molar-refractivity contribution < 1.29 is 9.90 Å². The molecule has 5 rings (SSSR count). The molecule has 0 bridgehead atoms. The van der Waals surface area contributed by atoms with Gasteiger partial charge in [0, 0.05) is 18.4 Å². The van der Waals surface area contributed by atoms with E-state index in [9.17, 15) is 9.90 Å². The molecule has 0 saturated heterocycles. The Bertz CT molecular complexity index is 1320. The minimum atomic E-state index is -0.0340. The maximum absolute atomic E-state index is 12.8. The SMILES string of the molecule is O=C(CCCc1ccccc1)Nc1nc2c(nc1Cc1ccccc1)-c1ccc(CO)cc1CC2. The molecule has 5 heteroatoms. The second-order valence-corrected chi connectivity index (χ2v) is 9.01. The molecular weight excluding hydrogens is 434 g/mol. The van der Waals surface area contributed by atoms with E-state index in [-0.39, 0.29) is 12.5 Å². The summed E-state index contributed by atoms with van der Waals surface area (Å²) in [6.07, 6.45) is 4.27. The van der Waals surface area contributed by atoms with Gasteiger partial charge in [-0.2, -0.15) is 0 Å². The van der Waals surface area contributed by atoms with Gasteiger partial charge in [0.15, 0.2) is 5.82 Å². The molecule has 176 valence electrons. The Balaban J connectivity index is 1.40. The minimum Gasteiger partial charge on any atom is -0.392 e. The van der Waals surface area contributed by atoms with E-state index in [1.807, 2.05) is 48.5 Å². The van der Waals surface area contributed by atoms with Crippen LogP contribution < -0.4 is 5.32 Å². The number of aliphatic hydroxyl groups is 1. The monoisotopic (exact) mass is 463 g/mol. The van der Waals surface area contributed by atoms with Crippen LogP contribution in [0.1, 0.15) is 46.5 Å². The molecule has 0 spiro atoms. The van der Waals surface area contributed by atoms with Crippen LogP contribution in [0.3, 0.4) is 0 Å². The summed E-state index contributed by atoms with van der Waals surface area (Å²) in [5, 5.41) is 12.6. The minimum absolute atomic E-state index is 0.0281. The van der Waals surface area contributed by atoms with Gasteiger partial charge in [0.05, 0.1) is 23.7 Å². The van der Waals surface area contributed by atoms with Crippen LogP contribution in [0.15, 0.2) is 78.9 Å². The van der Waals surface area contributed by atoms with Crippen molar-refractivity contribution in [1.82, 2.24) is 9.97 Å². The van der Waals surface area contributed by atoms with Crippen molar-refractivity contribution >= 4 is 11.7 Å². The molecule has 0 radical (unpaired) electrons. The molecule has 1 heterocycles. The summed E-state index contributed by atoms with van der Waals surface area (Å²) in [7, 11) is 0. The van der Waals surface area contributed by atoms with Crippen molar-refractivity contribution in [2.24, 2.45) is 0 Å². The molecule has 1 aliphatic carbocycles. The van der Waals surface area contributed by atoms with Crippen LogP contribution >= 0.6 is 0 Å². The average Bonchev–Trinajstić information content (AvgIpc) is 2.90. The molecule has 1 aromatic heterocycles. The number of aryl methyl sites for hydroxylation is 3. The molecule has 3 aromatic carbocycles. The van der Waals surface area contributed by atoms with Crippen molar-refractivity contribution in [1.29, 1.82) is 0 Å². The number of nitrogens with one attached hydrogen (secondary N) is 1. The summed E-state index contributed by atoms with van der Waals surface area (Å²) in [6, 6.07) is 26.4. The largest absolute Gasteiger partial charge is 0.392 e. The number of nitrogens with zero attached hydrogens (tertiary/aromatic N) is 2. The van der Waals surface area contributed by atoms with Gasteiger partial charge in [-0.25, -0.2) is 9.97 Å². The lowest BCUT2D eigenvalue weighted by Crippen LogP contribution is -2.18. The molecule has 1 aliphatic rings. The summed E-state index contributed by atoms with van der Waals surface area (Å²) in [5.74, 6) is 0.529. The van der Waals surface area contributed by atoms with Gasteiger partial charge in [-0.3, -0.25) is 4.79 Å². The Hall–Kier alpha value is -3.83. The van der Waals surface area contributed by atoms with E-state index >= 15 is 0 Å². The first kappa shape index (κ1) is 22.9. The Morgan fingerprint density at radius 3 is 2.34 bits per heavy atom. The molecule has 0 aliphatic heterocycles. The standard InChI is InChI=1S/C30H29N3O2/c34-20-23-14-16-25-24(18-23)15-17-26-29(25)31-27(19-22-10-5-2-6-11-22)30(32-26)33-28(35)13-7-12-21-8-3-1-4-9-21/h1-6,8-11,14,16,18,34H,7,12-13,15,17,19-20H2,(H,32,33,35). The molecular formula is C30H29N3O2. The molecule has 2 N–H and O–H groups in total. The summed E-state index contributed by atoms with van der Waals surface area (Å²) >= 11 is 0. The summed E-state index contributed by atoms with van der Waals surface area (Å²) in [4.78, 5) is 22.8. The summed E-state index contributed by atoms with van der Waals surface area (Å²) in [5.41, 5.74) is 8.06. The first-order valence-electron chi connectivity index (χ1n) is 12.2. The third-order valence-corrected chi connectivity index (χ3v) is 6.46. The number of aliphatic hydroxyl groups excluding tert-OH is 1. The number of fused-ring (bicyclic) bond motifs is 3. The van der Waals surface area contributed by atoms with E-state index in [1.165, 1.54) is 11.1 Å². The van der Waals surface area contributed by atoms with Crippen molar-refractivity contribution in [3.63, 3.8) is 0 Å². The van der Waals surface area contributed by atoms with Crippen LogP contribution in [0.25, 0.3) is 11.3 Å². The maximum atomic E-state index is 12.8. The fourth-order valence-corrected chi connectivity index (χ4v) is 4.64. The van der Waals surface area contributed by atoms with E-state index in [0.29, 0.717) is 18.7 Å². The van der Waals surface area contributed by atoms with E-state index in [0.717, 1.165) is 59.5 Å². The predicted octanol–water partition coefficient (Wildman–Crippen LogP) is 5.29. The molecule has 35 heavy (non-hydrogen) atoms. The molecule has 0 atom stereocenters. The zero-order valence-corrected chi connectivity index (χ0v) is 19.7. The number of rotatable bonds is 8. The second-order valence-electron chi connectivity index (χ2n) is 9.01. The zero-order chi connectivity index (χ0) is 24.0. The van der Waals surface area contributed by atoms with Crippen molar-refractivity contribution in [3.05, 3.63) is 113 Å². The second kappa shape index (κ2) is 10.6. The number of carbonyl (C=O) groups is 1. The van der Waals surface area contributed by atoms with Gasteiger partial charge in [-0.15, -0.1) is 0 Å². The van der Waals surface area contributed by atoms with Crippen LogP contribution in [0.5, 0.6) is 0 Å². The van der Waals surface area contributed by atoms with Gasteiger partial charge < -0.3 is 10.4 Å². The Morgan fingerprint density at radius 1 is 0.857 bits per heavy atom. The molecule has 1 amide bonds.